The van der Waals surface area contributed by atoms with Gasteiger partial charge in [0.15, 0.2) is 0 Å². The molecule has 0 fully saturated rings. The molecule has 3 aromatic rings. The Morgan fingerprint density at radius 1 is 1.17 bits per heavy atom. The zero-order chi connectivity index (χ0) is 21.3. The van der Waals surface area contributed by atoms with E-state index < -0.39 is 0 Å². The molecule has 0 aliphatic heterocycles. The summed E-state index contributed by atoms with van der Waals surface area (Å²) in [7, 11) is 0. The van der Waals surface area contributed by atoms with E-state index in [0.29, 0.717) is 37.2 Å². The fourth-order valence-electron chi connectivity index (χ4n) is 2.68. The predicted molar refractivity (Wildman–Crippen MR) is 111 cm³/mol. The number of aryl methyl sites for hydroxylation is 1. The van der Waals surface area contributed by atoms with Crippen LogP contribution < -0.4 is 14.8 Å². The quantitative estimate of drug-likeness (QED) is 0.545. The lowest BCUT2D eigenvalue weighted by atomic mass is 10.2. The Kier molecular flexibility index (Phi) is 7.37. The van der Waals surface area contributed by atoms with Crippen molar-refractivity contribution in [2.45, 2.75) is 46.3 Å². The maximum absolute atomic E-state index is 12.1. The molecule has 3 rings (SSSR count). The first kappa shape index (κ1) is 21.3. The Hall–Kier alpha value is -3.42. The van der Waals surface area contributed by atoms with Crippen molar-refractivity contribution in [3.8, 4) is 23.0 Å². The van der Waals surface area contributed by atoms with Crippen molar-refractivity contribution in [1.82, 2.24) is 20.4 Å². The smallest absolute Gasteiger partial charge is 0.227 e. The van der Waals surface area contributed by atoms with Gasteiger partial charge in [0.2, 0.25) is 23.5 Å². The minimum absolute atomic E-state index is 0.0720. The van der Waals surface area contributed by atoms with Crippen LogP contribution in [0.5, 0.6) is 11.6 Å². The summed E-state index contributed by atoms with van der Waals surface area (Å²) in [6.45, 7) is 6.84. The van der Waals surface area contributed by atoms with Gasteiger partial charge in [-0.2, -0.15) is 4.98 Å². The van der Waals surface area contributed by atoms with Gasteiger partial charge in [-0.1, -0.05) is 11.2 Å². The second kappa shape index (κ2) is 10.4. The molecule has 0 saturated heterocycles. The highest BCUT2D eigenvalue weighted by Gasteiger charge is 2.11. The molecule has 0 aliphatic rings. The lowest BCUT2D eigenvalue weighted by Gasteiger charge is -2.09. The summed E-state index contributed by atoms with van der Waals surface area (Å²) in [6.07, 6.45) is 2.39. The van der Waals surface area contributed by atoms with E-state index in [1.165, 1.54) is 0 Å². The largest absolute Gasteiger partial charge is 0.494 e. The molecule has 0 aliphatic carbocycles. The van der Waals surface area contributed by atoms with Crippen LogP contribution >= 0.6 is 0 Å². The summed E-state index contributed by atoms with van der Waals surface area (Å²) < 4.78 is 16.2. The number of aromatic nitrogens is 3. The fourth-order valence-corrected chi connectivity index (χ4v) is 2.68. The average molecular weight is 410 g/mol. The zero-order valence-corrected chi connectivity index (χ0v) is 17.4. The zero-order valence-electron chi connectivity index (χ0n) is 17.4. The molecule has 8 heteroatoms. The van der Waals surface area contributed by atoms with Crippen molar-refractivity contribution in [3.63, 3.8) is 0 Å². The molecule has 1 amide bonds. The van der Waals surface area contributed by atoms with Crippen molar-refractivity contribution in [2.24, 2.45) is 0 Å². The molecule has 0 atom stereocenters. The summed E-state index contributed by atoms with van der Waals surface area (Å²) in [4.78, 5) is 20.7. The fraction of sp³-hybridized carbons (Fsp3) is 0.364. The number of nitrogens with zero attached hydrogens (tertiary/aromatic N) is 3. The number of hydrogen-bond acceptors (Lipinski definition) is 7. The number of amides is 1. The third kappa shape index (κ3) is 6.30. The van der Waals surface area contributed by atoms with Crippen LogP contribution in [-0.2, 0) is 17.8 Å². The van der Waals surface area contributed by atoms with Crippen LogP contribution in [0.3, 0.4) is 0 Å². The topological polar surface area (TPSA) is 99.4 Å². The third-order valence-electron chi connectivity index (χ3n) is 4.10. The molecule has 1 aromatic carbocycles. The summed E-state index contributed by atoms with van der Waals surface area (Å²) in [5.41, 5.74) is 1.73. The van der Waals surface area contributed by atoms with E-state index in [1.54, 1.807) is 12.3 Å². The van der Waals surface area contributed by atoms with Gasteiger partial charge in [0.1, 0.15) is 5.75 Å². The van der Waals surface area contributed by atoms with Gasteiger partial charge in [-0.25, -0.2) is 4.98 Å². The third-order valence-corrected chi connectivity index (χ3v) is 4.10. The predicted octanol–water partition coefficient (Wildman–Crippen LogP) is 3.57. The molecule has 158 valence electrons. The van der Waals surface area contributed by atoms with E-state index in [4.69, 9.17) is 14.0 Å². The molecule has 0 saturated carbocycles. The molecule has 0 spiro atoms. The van der Waals surface area contributed by atoms with Crippen LogP contribution in [0.4, 0.5) is 0 Å². The maximum Gasteiger partial charge on any atom is 0.227 e. The minimum Gasteiger partial charge on any atom is -0.494 e. The van der Waals surface area contributed by atoms with E-state index in [-0.39, 0.29) is 18.4 Å². The minimum atomic E-state index is -0.0988. The van der Waals surface area contributed by atoms with Gasteiger partial charge in [-0.3, -0.25) is 4.79 Å². The van der Waals surface area contributed by atoms with Crippen molar-refractivity contribution in [3.05, 3.63) is 54.0 Å². The van der Waals surface area contributed by atoms with Crippen LogP contribution in [0.15, 0.2) is 47.1 Å². The highest BCUT2D eigenvalue weighted by molar-refractivity contribution is 5.76. The van der Waals surface area contributed by atoms with Crippen molar-refractivity contribution in [2.75, 3.05) is 6.61 Å². The number of carbonyl (C=O) groups is 1. The van der Waals surface area contributed by atoms with Gasteiger partial charge in [0.25, 0.3) is 0 Å². The molecular weight excluding hydrogens is 384 g/mol. The van der Waals surface area contributed by atoms with Gasteiger partial charge >= 0.3 is 0 Å². The van der Waals surface area contributed by atoms with Crippen LogP contribution in [0.1, 0.15) is 38.6 Å². The molecule has 0 unspecified atom stereocenters. The molecule has 30 heavy (non-hydrogen) atoms. The first-order valence-electron chi connectivity index (χ1n) is 9.97. The molecule has 2 aromatic heterocycles. The molecular formula is C22H26N4O4. The second-order valence-electron chi connectivity index (χ2n) is 6.92. The first-order valence-corrected chi connectivity index (χ1v) is 9.97. The van der Waals surface area contributed by atoms with Gasteiger partial charge in [0, 0.05) is 37.2 Å². The molecule has 0 bridgehead atoms. The van der Waals surface area contributed by atoms with Crippen molar-refractivity contribution < 1.29 is 18.8 Å². The number of hydrogen-bond donors (Lipinski definition) is 1. The van der Waals surface area contributed by atoms with Gasteiger partial charge < -0.3 is 19.3 Å². The second-order valence-corrected chi connectivity index (χ2v) is 6.92. The first-order chi connectivity index (χ1) is 14.5. The summed E-state index contributed by atoms with van der Waals surface area (Å²) in [6, 6.07) is 11.1. The Labute approximate surface area is 175 Å². The molecule has 1 N–H and O–H groups in total. The monoisotopic (exact) mass is 410 g/mol. The van der Waals surface area contributed by atoms with Crippen LogP contribution in [0.25, 0.3) is 11.4 Å². The lowest BCUT2D eigenvalue weighted by molar-refractivity contribution is -0.121. The Morgan fingerprint density at radius 2 is 1.97 bits per heavy atom. The maximum atomic E-state index is 12.1. The van der Waals surface area contributed by atoms with E-state index in [9.17, 15) is 4.79 Å². The molecule has 0 radical (unpaired) electrons. The summed E-state index contributed by atoms with van der Waals surface area (Å²) >= 11 is 0. The van der Waals surface area contributed by atoms with Crippen LogP contribution in [-0.4, -0.2) is 33.7 Å². The van der Waals surface area contributed by atoms with Crippen LogP contribution in [0, 0.1) is 0 Å². The molecule has 8 nitrogen and oxygen atoms in total. The average Bonchev–Trinajstić information content (AvgIpc) is 3.21. The number of nitrogens with one attached hydrogen (secondary N) is 1. The summed E-state index contributed by atoms with van der Waals surface area (Å²) in [5, 5.41) is 6.85. The van der Waals surface area contributed by atoms with Gasteiger partial charge in [-0.05, 0) is 50.6 Å². The van der Waals surface area contributed by atoms with Gasteiger partial charge in [0.05, 0.1) is 12.7 Å². The number of pyridine rings is 1. The Morgan fingerprint density at radius 3 is 2.63 bits per heavy atom. The molecule has 2 heterocycles. The van der Waals surface area contributed by atoms with Crippen molar-refractivity contribution >= 4 is 5.91 Å². The van der Waals surface area contributed by atoms with E-state index >= 15 is 0 Å². The lowest BCUT2D eigenvalue weighted by Crippen LogP contribution is -2.23. The highest BCUT2D eigenvalue weighted by Crippen LogP contribution is 2.20. The van der Waals surface area contributed by atoms with Crippen LogP contribution in [0.2, 0.25) is 0 Å². The standard InChI is InChI=1S/C22H26N4O4/c1-4-28-18-8-6-17(7-9-18)22-25-21(30-26-22)12-10-19(27)23-13-16-5-11-20(24-14-16)29-15(2)3/h5-9,11,14-15H,4,10,12-13H2,1-3H3,(H,23,27). The number of ether oxygens (including phenoxy) is 2. The van der Waals surface area contributed by atoms with E-state index in [1.807, 2.05) is 51.1 Å². The van der Waals surface area contributed by atoms with Crippen molar-refractivity contribution in [1.29, 1.82) is 0 Å². The Balaban J connectivity index is 1.45. The number of benzene rings is 1. The number of rotatable bonds is 10. The normalized spacial score (nSPS) is 10.8. The Bertz CT molecular complexity index is 937. The summed E-state index contributed by atoms with van der Waals surface area (Å²) in [5.74, 6) is 2.17. The highest BCUT2D eigenvalue weighted by atomic mass is 16.5. The van der Waals surface area contributed by atoms with E-state index in [0.717, 1.165) is 16.9 Å². The SMILES string of the molecule is CCOc1ccc(-c2noc(CCC(=O)NCc3ccc(OC(C)C)nc3)n2)cc1. The van der Waals surface area contributed by atoms with E-state index in [2.05, 4.69) is 20.4 Å². The number of carbonyl (C=O) groups excluding carboxylic acids is 1. The van der Waals surface area contributed by atoms with Gasteiger partial charge in [-0.15, -0.1) is 0 Å².